The summed E-state index contributed by atoms with van der Waals surface area (Å²) < 4.78 is 5.23. The van der Waals surface area contributed by atoms with Crippen LogP contribution in [-0.4, -0.2) is 24.1 Å². The van der Waals surface area contributed by atoms with E-state index in [0.717, 1.165) is 17.8 Å². The molecule has 1 amide bonds. The number of benzene rings is 1. The summed E-state index contributed by atoms with van der Waals surface area (Å²) in [6, 6.07) is 9.01. The van der Waals surface area contributed by atoms with Crippen LogP contribution in [0.4, 0.5) is 5.69 Å². The molecule has 5 heteroatoms. The van der Waals surface area contributed by atoms with Crippen LogP contribution in [-0.2, 0) is 5.60 Å². The first-order chi connectivity index (χ1) is 11.6. The standard InChI is InChI=1S/C20H28N2O3/c1-14-15(8-6-9-16(14)21-12-19(2,3)4)18(23)22-13-20(5,24)17-10-7-11-25-17/h6-11,21,24H,12-13H2,1-5H3,(H,22,23). The molecule has 0 saturated heterocycles. The number of hydrogen-bond donors (Lipinski definition) is 3. The van der Waals surface area contributed by atoms with Gasteiger partial charge in [-0.15, -0.1) is 0 Å². The fourth-order valence-corrected chi connectivity index (χ4v) is 2.45. The molecule has 1 heterocycles. The van der Waals surface area contributed by atoms with Gasteiger partial charge in [0.25, 0.3) is 5.91 Å². The van der Waals surface area contributed by atoms with Gasteiger partial charge in [0.2, 0.25) is 0 Å². The molecule has 0 aliphatic carbocycles. The Hall–Kier alpha value is -2.27. The molecule has 0 aliphatic rings. The van der Waals surface area contributed by atoms with Crippen LogP contribution in [0.5, 0.6) is 0 Å². The van der Waals surface area contributed by atoms with E-state index >= 15 is 0 Å². The highest BCUT2D eigenvalue weighted by molar-refractivity contribution is 5.97. The summed E-state index contributed by atoms with van der Waals surface area (Å²) in [7, 11) is 0. The van der Waals surface area contributed by atoms with E-state index in [-0.39, 0.29) is 17.9 Å². The second-order valence-electron chi connectivity index (χ2n) is 7.83. The number of amides is 1. The molecule has 3 N–H and O–H groups in total. The molecule has 0 bridgehead atoms. The van der Waals surface area contributed by atoms with Gasteiger partial charge in [-0.2, -0.15) is 0 Å². The van der Waals surface area contributed by atoms with Crippen LogP contribution < -0.4 is 10.6 Å². The van der Waals surface area contributed by atoms with Crippen molar-refractivity contribution in [2.24, 2.45) is 5.41 Å². The molecule has 2 aromatic rings. The van der Waals surface area contributed by atoms with Gasteiger partial charge in [0.1, 0.15) is 11.4 Å². The Morgan fingerprint density at radius 3 is 2.44 bits per heavy atom. The van der Waals surface area contributed by atoms with Gasteiger partial charge in [0.15, 0.2) is 0 Å². The third kappa shape index (κ3) is 5.10. The SMILES string of the molecule is Cc1c(NCC(C)(C)C)cccc1C(=O)NCC(C)(O)c1ccco1. The van der Waals surface area contributed by atoms with Crippen molar-refractivity contribution < 1.29 is 14.3 Å². The maximum absolute atomic E-state index is 12.6. The van der Waals surface area contributed by atoms with Gasteiger partial charge in [-0.3, -0.25) is 4.79 Å². The molecule has 25 heavy (non-hydrogen) atoms. The predicted octanol–water partition coefficient (Wildman–Crippen LogP) is 3.68. The average Bonchev–Trinajstić information content (AvgIpc) is 3.06. The number of rotatable bonds is 6. The number of anilines is 1. The number of carbonyl (C=O) groups is 1. The predicted molar refractivity (Wildman–Crippen MR) is 99.7 cm³/mol. The van der Waals surface area contributed by atoms with E-state index in [1.54, 1.807) is 25.1 Å². The van der Waals surface area contributed by atoms with E-state index in [2.05, 4.69) is 31.4 Å². The summed E-state index contributed by atoms with van der Waals surface area (Å²) in [5.41, 5.74) is 1.32. The molecule has 1 atom stereocenters. The zero-order chi connectivity index (χ0) is 18.7. The minimum Gasteiger partial charge on any atom is -0.466 e. The minimum atomic E-state index is -1.25. The third-order valence-corrected chi connectivity index (χ3v) is 4.03. The first-order valence-corrected chi connectivity index (χ1v) is 8.48. The van der Waals surface area contributed by atoms with E-state index in [0.29, 0.717) is 11.3 Å². The molecule has 136 valence electrons. The molecule has 0 fully saturated rings. The summed E-state index contributed by atoms with van der Waals surface area (Å²) in [5.74, 6) is 0.203. The smallest absolute Gasteiger partial charge is 0.251 e. The Morgan fingerprint density at radius 2 is 1.84 bits per heavy atom. The van der Waals surface area contributed by atoms with E-state index < -0.39 is 5.60 Å². The van der Waals surface area contributed by atoms with Crippen molar-refractivity contribution in [3.05, 3.63) is 53.5 Å². The third-order valence-electron chi connectivity index (χ3n) is 4.03. The number of nitrogens with one attached hydrogen (secondary N) is 2. The van der Waals surface area contributed by atoms with Crippen molar-refractivity contribution in [2.75, 3.05) is 18.4 Å². The highest BCUT2D eigenvalue weighted by Crippen LogP contribution is 2.23. The number of carbonyl (C=O) groups excluding carboxylic acids is 1. The van der Waals surface area contributed by atoms with Gasteiger partial charge in [0.05, 0.1) is 12.8 Å². The number of furan rings is 1. The summed E-state index contributed by atoms with van der Waals surface area (Å²) in [6.45, 7) is 10.9. The minimum absolute atomic E-state index is 0.0679. The molecule has 2 rings (SSSR count). The van der Waals surface area contributed by atoms with Crippen molar-refractivity contribution in [3.8, 4) is 0 Å². The topological polar surface area (TPSA) is 74.5 Å². The van der Waals surface area contributed by atoms with E-state index in [9.17, 15) is 9.90 Å². The summed E-state index contributed by atoms with van der Waals surface area (Å²) in [4.78, 5) is 12.6. The fourth-order valence-electron chi connectivity index (χ4n) is 2.45. The fraction of sp³-hybridized carbons (Fsp3) is 0.450. The monoisotopic (exact) mass is 344 g/mol. The Labute approximate surface area is 149 Å². The lowest BCUT2D eigenvalue weighted by atomic mass is 9.96. The van der Waals surface area contributed by atoms with Gasteiger partial charge >= 0.3 is 0 Å². The van der Waals surface area contributed by atoms with Crippen molar-refractivity contribution in [1.82, 2.24) is 5.32 Å². The van der Waals surface area contributed by atoms with Crippen LogP contribution in [0.2, 0.25) is 0 Å². The molecule has 1 aromatic heterocycles. The highest BCUT2D eigenvalue weighted by Gasteiger charge is 2.27. The van der Waals surface area contributed by atoms with E-state index in [1.807, 2.05) is 19.1 Å². The van der Waals surface area contributed by atoms with Crippen molar-refractivity contribution in [1.29, 1.82) is 0 Å². The zero-order valence-corrected chi connectivity index (χ0v) is 15.6. The first-order valence-electron chi connectivity index (χ1n) is 8.48. The second-order valence-corrected chi connectivity index (χ2v) is 7.83. The summed E-state index contributed by atoms with van der Waals surface area (Å²) in [5, 5.41) is 16.6. The largest absolute Gasteiger partial charge is 0.466 e. The second kappa shape index (κ2) is 7.31. The molecule has 0 spiro atoms. The highest BCUT2D eigenvalue weighted by atomic mass is 16.4. The maximum atomic E-state index is 12.6. The van der Waals surface area contributed by atoms with Crippen LogP contribution in [0.3, 0.4) is 0 Å². The van der Waals surface area contributed by atoms with E-state index in [1.165, 1.54) is 6.26 Å². The molecule has 5 nitrogen and oxygen atoms in total. The lowest BCUT2D eigenvalue weighted by Gasteiger charge is -2.23. The lowest BCUT2D eigenvalue weighted by Crippen LogP contribution is -2.38. The van der Waals surface area contributed by atoms with Crippen LogP contribution in [0.25, 0.3) is 0 Å². The van der Waals surface area contributed by atoms with Gasteiger partial charge in [0, 0.05) is 17.8 Å². The summed E-state index contributed by atoms with van der Waals surface area (Å²) >= 11 is 0. The molecule has 0 radical (unpaired) electrons. The molecular formula is C20H28N2O3. The molecule has 0 aliphatic heterocycles. The zero-order valence-electron chi connectivity index (χ0n) is 15.6. The Bertz CT molecular complexity index is 713. The molecule has 1 aromatic carbocycles. The Kier molecular flexibility index (Phi) is 5.58. The van der Waals surface area contributed by atoms with Gasteiger partial charge in [-0.25, -0.2) is 0 Å². The van der Waals surface area contributed by atoms with Crippen LogP contribution >= 0.6 is 0 Å². The Morgan fingerprint density at radius 1 is 1.12 bits per heavy atom. The first kappa shape index (κ1) is 19.1. The number of hydrogen-bond acceptors (Lipinski definition) is 4. The van der Waals surface area contributed by atoms with E-state index in [4.69, 9.17) is 4.42 Å². The van der Waals surface area contributed by atoms with Crippen LogP contribution in [0, 0.1) is 12.3 Å². The van der Waals surface area contributed by atoms with Gasteiger partial charge < -0.3 is 20.2 Å². The van der Waals surface area contributed by atoms with Crippen LogP contribution in [0.1, 0.15) is 49.4 Å². The lowest BCUT2D eigenvalue weighted by molar-refractivity contribution is 0.0330. The number of aliphatic hydroxyl groups is 1. The van der Waals surface area contributed by atoms with Crippen molar-refractivity contribution in [3.63, 3.8) is 0 Å². The maximum Gasteiger partial charge on any atom is 0.251 e. The Balaban J connectivity index is 2.07. The molecular weight excluding hydrogens is 316 g/mol. The van der Waals surface area contributed by atoms with Crippen LogP contribution in [0.15, 0.2) is 41.0 Å². The average molecular weight is 344 g/mol. The molecule has 1 unspecified atom stereocenters. The molecule has 0 saturated carbocycles. The van der Waals surface area contributed by atoms with Crippen molar-refractivity contribution in [2.45, 2.75) is 40.2 Å². The quantitative estimate of drug-likeness (QED) is 0.747. The van der Waals surface area contributed by atoms with Gasteiger partial charge in [-0.1, -0.05) is 26.8 Å². The summed E-state index contributed by atoms with van der Waals surface area (Å²) in [6.07, 6.45) is 1.50. The normalized spacial score (nSPS) is 14.0. The van der Waals surface area contributed by atoms with Gasteiger partial charge in [-0.05, 0) is 49.1 Å². The van der Waals surface area contributed by atoms with Crippen molar-refractivity contribution >= 4 is 11.6 Å².